The predicted octanol–water partition coefficient (Wildman–Crippen LogP) is 7.59. The zero-order valence-electron chi connectivity index (χ0n) is 18.3. The third-order valence-corrected chi connectivity index (χ3v) is 3.97. The molecule has 0 atom stereocenters. The molecule has 0 aliphatic heterocycles. The van der Waals surface area contributed by atoms with Crippen LogP contribution in [0.1, 0.15) is 45.5 Å². The summed E-state index contributed by atoms with van der Waals surface area (Å²) in [6.07, 6.45) is 5.14. The van der Waals surface area contributed by atoms with Crippen molar-refractivity contribution in [3.63, 3.8) is 0 Å². The average molecular weight is 385 g/mol. The van der Waals surface area contributed by atoms with Gasteiger partial charge in [-0.1, -0.05) is 0 Å². The van der Waals surface area contributed by atoms with Crippen LogP contribution in [0.25, 0.3) is 0 Å². The maximum Gasteiger partial charge on any atom is 0.103 e. The molecular weight excluding hydrogens is 352 g/mol. The van der Waals surface area contributed by atoms with Crippen LogP contribution in [0.2, 0.25) is 0 Å². The van der Waals surface area contributed by atoms with E-state index in [0.29, 0.717) is 0 Å². The van der Waals surface area contributed by atoms with E-state index in [9.17, 15) is 0 Å². The van der Waals surface area contributed by atoms with Gasteiger partial charge in [-0.05, 0) is 102 Å². The molecule has 0 aliphatic rings. The molecule has 0 aromatic carbocycles. The molecule has 0 spiro atoms. The molecule has 4 heteroatoms. The van der Waals surface area contributed by atoms with Gasteiger partial charge in [0.1, 0.15) is 28.8 Å². The van der Waals surface area contributed by atoms with Crippen LogP contribution in [0, 0.1) is 55.4 Å². The number of hydrogen-bond donors (Lipinski definition) is 0. The first kappa shape index (κ1) is 23.2. The van der Waals surface area contributed by atoms with Crippen molar-refractivity contribution in [2.24, 2.45) is 0 Å². The van der Waals surface area contributed by atoms with Gasteiger partial charge in [-0.3, -0.25) is 0 Å². The number of furan rings is 4. The highest BCUT2D eigenvalue weighted by molar-refractivity contribution is 5.12. The quantitative estimate of drug-likeness (QED) is 0.313. The van der Waals surface area contributed by atoms with Gasteiger partial charge in [-0.25, -0.2) is 0 Å². The van der Waals surface area contributed by atoms with Crippen LogP contribution < -0.4 is 0 Å². The molecule has 4 aromatic rings. The fourth-order valence-corrected chi connectivity index (χ4v) is 2.03. The van der Waals surface area contributed by atoms with Gasteiger partial charge in [0.2, 0.25) is 0 Å². The van der Waals surface area contributed by atoms with Crippen LogP contribution in [-0.2, 0) is 0 Å². The molecule has 0 bridgehead atoms. The van der Waals surface area contributed by atoms with Crippen molar-refractivity contribution in [2.75, 3.05) is 0 Å². The van der Waals surface area contributed by atoms with E-state index in [-0.39, 0.29) is 0 Å². The van der Waals surface area contributed by atoms with Crippen molar-refractivity contribution in [1.29, 1.82) is 0 Å². The Morgan fingerprint density at radius 1 is 0.536 bits per heavy atom. The van der Waals surface area contributed by atoms with Crippen LogP contribution in [0.4, 0.5) is 0 Å². The highest BCUT2D eigenvalue weighted by Gasteiger charge is 1.89. The monoisotopic (exact) mass is 384 g/mol. The third-order valence-electron chi connectivity index (χ3n) is 3.97. The van der Waals surface area contributed by atoms with Gasteiger partial charge < -0.3 is 17.7 Å². The molecular formula is C24H32O4. The van der Waals surface area contributed by atoms with Gasteiger partial charge >= 0.3 is 0 Å². The topological polar surface area (TPSA) is 52.6 Å². The van der Waals surface area contributed by atoms with E-state index in [1.807, 2.05) is 85.7 Å². The third kappa shape index (κ3) is 9.17. The molecule has 4 nitrogen and oxygen atoms in total. The normalized spacial score (nSPS) is 9.43. The van der Waals surface area contributed by atoms with E-state index < -0.39 is 0 Å². The molecule has 4 rings (SSSR count). The van der Waals surface area contributed by atoms with E-state index in [0.717, 1.165) is 28.8 Å². The Labute approximate surface area is 168 Å². The molecule has 0 amide bonds. The van der Waals surface area contributed by atoms with Gasteiger partial charge in [0.15, 0.2) is 0 Å². The average Bonchev–Trinajstić information content (AvgIpc) is 3.39. The highest BCUT2D eigenvalue weighted by atomic mass is 16.3. The lowest BCUT2D eigenvalue weighted by molar-refractivity contribution is 0.504. The van der Waals surface area contributed by atoms with Crippen molar-refractivity contribution in [2.45, 2.75) is 55.4 Å². The number of hydrogen-bond acceptors (Lipinski definition) is 4. The van der Waals surface area contributed by atoms with Crippen LogP contribution in [0.5, 0.6) is 0 Å². The minimum atomic E-state index is 0.984. The van der Waals surface area contributed by atoms with Crippen molar-refractivity contribution in [3.05, 3.63) is 94.6 Å². The second-order valence-corrected chi connectivity index (χ2v) is 6.71. The Bertz CT molecular complexity index is 775. The minimum absolute atomic E-state index is 0.984. The zero-order chi connectivity index (χ0) is 21.1. The summed E-state index contributed by atoms with van der Waals surface area (Å²) in [5.41, 5.74) is 3.64. The molecule has 4 heterocycles. The second kappa shape index (κ2) is 11.8. The van der Waals surface area contributed by atoms with E-state index in [1.54, 1.807) is 18.8 Å². The second-order valence-electron chi connectivity index (χ2n) is 6.71. The lowest BCUT2D eigenvalue weighted by atomic mass is 10.3. The summed E-state index contributed by atoms with van der Waals surface area (Å²) in [5, 5.41) is 0. The van der Waals surface area contributed by atoms with Crippen molar-refractivity contribution < 1.29 is 17.7 Å². The van der Waals surface area contributed by atoms with Crippen LogP contribution >= 0.6 is 0 Å². The molecule has 0 radical (unpaired) electrons. The van der Waals surface area contributed by atoms with Gasteiger partial charge in [-0.2, -0.15) is 0 Å². The van der Waals surface area contributed by atoms with E-state index >= 15 is 0 Å². The van der Waals surface area contributed by atoms with E-state index in [1.165, 1.54) is 16.7 Å². The summed E-state index contributed by atoms with van der Waals surface area (Å²) in [7, 11) is 0. The molecule has 0 aliphatic carbocycles. The Balaban J connectivity index is 0.000000187. The van der Waals surface area contributed by atoms with Gasteiger partial charge in [0.05, 0.1) is 18.8 Å². The first-order chi connectivity index (χ1) is 13.2. The first-order valence-electron chi connectivity index (χ1n) is 9.25. The van der Waals surface area contributed by atoms with Crippen molar-refractivity contribution in [3.8, 4) is 0 Å². The summed E-state index contributed by atoms with van der Waals surface area (Å²) < 4.78 is 20.0. The minimum Gasteiger partial charge on any atom is -0.469 e. The van der Waals surface area contributed by atoms with Gasteiger partial charge in [-0.15, -0.1) is 0 Å². The Morgan fingerprint density at radius 3 is 1.11 bits per heavy atom. The van der Waals surface area contributed by atoms with Crippen molar-refractivity contribution >= 4 is 0 Å². The molecule has 0 fully saturated rings. The Kier molecular flexibility index (Phi) is 9.72. The standard InChI is InChI=1S/4C6H8O/c1-5-3-6(2)7-4-5;2*1-5-3-4-7-6(5)2;1-5-3-4-6(2)7-5/h4*3-4H,1-2H3. The molecule has 0 saturated heterocycles. The SMILES string of the molecule is Cc1ccc(C)o1.Cc1ccoc1C.Cc1ccoc1C.Cc1coc(C)c1. The Morgan fingerprint density at radius 2 is 1.00 bits per heavy atom. The van der Waals surface area contributed by atoms with Crippen LogP contribution in [0.3, 0.4) is 0 Å². The molecule has 0 saturated carbocycles. The van der Waals surface area contributed by atoms with Gasteiger partial charge in [0, 0.05) is 0 Å². The maximum atomic E-state index is 5.08. The Hall–Kier alpha value is -2.88. The van der Waals surface area contributed by atoms with Crippen molar-refractivity contribution in [1.82, 2.24) is 0 Å². The van der Waals surface area contributed by atoms with Crippen LogP contribution in [-0.4, -0.2) is 0 Å². The summed E-state index contributed by atoms with van der Waals surface area (Å²) in [5.74, 6) is 4.98. The fourth-order valence-electron chi connectivity index (χ4n) is 2.03. The fraction of sp³-hybridized carbons (Fsp3) is 0.333. The van der Waals surface area contributed by atoms with Gasteiger partial charge in [0.25, 0.3) is 0 Å². The molecule has 4 aromatic heterocycles. The summed E-state index contributed by atoms with van der Waals surface area (Å²) in [4.78, 5) is 0. The lowest BCUT2D eigenvalue weighted by Crippen LogP contribution is -1.63. The largest absolute Gasteiger partial charge is 0.469 e. The molecule has 0 unspecified atom stereocenters. The molecule has 0 N–H and O–H groups in total. The summed E-state index contributed by atoms with van der Waals surface area (Å²) in [6, 6.07) is 9.81. The first-order valence-corrected chi connectivity index (χ1v) is 9.25. The summed E-state index contributed by atoms with van der Waals surface area (Å²) >= 11 is 0. The molecule has 152 valence electrons. The maximum absolute atomic E-state index is 5.08. The summed E-state index contributed by atoms with van der Waals surface area (Å²) in [6.45, 7) is 15.8. The highest BCUT2D eigenvalue weighted by Crippen LogP contribution is 2.05. The van der Waals surface area contributed by atoms with E-state index in [4.69, 9.17) is 17.7 Å². The molecule has 28 heavy (non-hydrogen) atoms. The predicted molar refractivity (Wildman–Crippen MR) is 113 cm³/mol. The zero-order valence-corrected chi connectivity index (χ0v) is 18.3. The number of rotatable bonds is 0. The van der Waals surface area contributed by atoms with E-state index in [2.05, 4.69) is 0 Å². The lowest BCUT2D eigenvalue weighted by Gasteiger charge is -1.79. The smallest absolute Gasteiger partial charge is 0.103 e. The number of aryl methyl sites for hydroxylation is 8. The van der Waals surface area contributed by atoms with Crippen LogP contribution in [0.15, 0.2) is 66.8 Å².